The van der Waals surface area contributed by atoms with Crippen LogP contribution < -0.4 is 5.32 Å². The molecule has 0 saturated carbocycles. The zero-order valence-electron chi connectivity index (χ0n) is 13.1. The van der Waals surface area contributed by atoms with Crippen molar-refractivity contribution in [3.05, 3.63) is 70.9 Å². The average molecular weight is 307 g/mol. The van der Waals surface area contributed by atoms with E-state index < -0.39 is 0 Å². The number of aryl methyl sites for hydroxylation is 1. The number of fused-ring (bicyclic) bond motifs is 1. The third-order valence-corrected chi connectivity index (χ3v) is 4.02. The number of carbonyl (C=O) groups excluding carboxylic acids is 1. The fraction of sp³-hybridized carbons (Fsp3) is 0.211. The zero-order chi connectivity index (χ0) is 16.2. The molecule has 1 heterocycles. The smallest absolute Gasteiger partial charge is 0.251 e. The summed E-state index contributed by atoms with van der Waals surface area (Å²) in [5.74, 6) is -0.188. The number of aromatic amines is 1. The molecule has 0 unspecified atom stereocenters. The second kappa shape index (κ2) is 6.67. The first kappa shape index (κ1) is 15.3. The molecule has 0 fully saturated rings. The minimum absolute atomic E-state index is 0.188. The highest BCUT2D eigenvalue weighted by molar-refractivity contribution is 5.95. The summed E-state index contributed by atoms with van der Waals surface area (Å²) in [5, 5.41) is 15.2. The van der Waals surface area contributed by atoms with Crippen LogP contribution in [-0.2, 0) is 18.1 Å². The van der Waals surface area contributed by atoms with Crippen LogP contribution in [-0.4, -0.2) is 17.4 Å². The Bertz CT molecular complexity index is 836. The van der Waals surface area contributed by atoms with Crippen molar-refractivity contribution in [3.63, 3.8) is 0 Å². The van der Waals surface area contributed by atoms with Crippen LogP contribution in [0.2, 0.25) is 0 Å². The maximum atomic E-state index is 12.2. The molecule has 0 aliphatic carbocycles. The Morgan fingerprint density at radius 2 is 1.96 bits per heavy atom. The molecule has 3 rings (SSSR count). The second-order valence-corrected chi connectivity index (χ2v) is 5.67. The van der Waals surface area contributed by atoms with Crippen molar-refractivity contribution in [2.75, 3.05) is 6.54 Å². The topological polar surface area (TPSA) is 64.8 Å². The molecular formula is C19H19N2O2. The van der Waals surface area contributed by atoms with Gasteiger partial charge in [0.05, 0.1) is 0 Å². The molecule has 0 spiro atoms. The van der Waals surface area contributed by atoms with E-state index in [0.717, 1.165) is 11.9 Å². The van der Waals surface area contributed by atoms with Gasteiger partial charge in [-0.2, -0.15) is 0 Å². The molecule has 1 aromatic heterocycles. The lowest BCUT2D eigenvalue weighted by atomic mass is 10.1. The van der Waals surface area contributed by atoms with Gasteiger partial charge in [0.1, 0.15) is 6.61 Å². The average Bonchev–Trinajstić information content (AvgIpc) is 2.97. The van der Waals surface area contributed by atoms with Gasteiger partial charge in [0.2, 0.25) is 0 Å². The maximum absolute atomic E-state index is 12.2. The highest BCUT2D eigenvalue weighted by Crippen LogP contribution is 2.20. The SMILES string of the molecule is Cc1ccc2[nH]cc(CCNC(=O)c3ccccc3C[O])c2c1. The first-order chi connectivity index (χ1) is 11.2. The number of amides is 1. The van der Waals surface area contributed by atoms with Crippen LogP contribution in [0, 0.1) is 6.92 Å². The van der Waals surface area contributed by atoms with Crippen LogP contribution in [0.15, 0.2) is 48.7 Å². The third kappa shape index (κ3) is 3.27. The zero-order valence-corrected chi connectivity index (χ0v) is 13.1. The van der Waals surface area contributed by atoms with E-state index in [1.165, 1.54) is 16.5 Å². The summed E-state index contributed by atoms with van der Waals surface area (Å²) in [4.78, 5) is 15.5. The second-order valence-electron chi connectivity index (χ2n) is 5.67. The number of hydrogen-bond donors (Lipinski definition) is 2. The predicted octanol–water partition coefficient (Wildman–Crippen LogP) is 3.38. The number of rotatable bonds is 5. The van der Waals surface area contributed by atoms with Gasteiger partial charge in [-0.05, 0) is 42.7 Å². The van der Waals surface area contributed by atoms with Gasteiger partial charge < -0.3 is 10.3 Å². The van der Waals surface area contributed by atoms with Gasteiger partial charge in [0.15, 0.2) is 0 Å². The summed E-state index contributed by atoms with van der Waals surface area (Å²) >= 11 is 0. The van der Waals surface area contributed by atoms with Gasteiger partial charge in [-0.3, -0.25) is 4.79 Å². The van der Waals surface area contributed by atoms with Gasteiger partial charge in [-0.15, -0.1) is 0 Å². The number of aromatic nitrogens is 1. The summed E-state index contributed by atoms with van der Waals surface area (Å²) < 4.78 is 0. The Morgan fingerprint density at radius 3 is 2.78 bits per heavy atom. The van der Waals surface area contributed by atoms with Crippen molar-refractivity contribution in [2.45, 2.75) is 20.0 Å². The van der Waals surface area contributed by atoms with E-state index in [2.05, 4.69) is 35.4 Å². The molecule has 0 bridgehead atoms. The molecule has 2 aromatic carbocycles. The van der Waals surface area contributed by atoms with Crippen molar-refractivity contribution in [3.8, 4) is 0 Å². The van der Waals surface area contributed by atoms with E-state index in [1.54, 1.807) is 24.3 Å². The van der Waals surface area contributed by atoms with E-state index in [1.807, 2.05) is 6.20 Å². The number of H-pyrrole nitrogens is 1. The Balaban J connectivity index is 1.66. The minimum atomic E-state index is -0.384. The van der Waals surface area contributed by atoms with Crippen LogP contribution in [0.5, 0.6) is 0 Å². The van der Waals surface area contributed by atoms with Crippen LogP contribution in [0.4, 0.5) is 0 Å². The van der Waals surface area contributed by atoms with Crippen molar-refractivity contribution < 1.29 is 9.90 Å². The molecule has 4 nitrogen and oxygen atoms in total. The fourth-order valence-corrected chi connectivity index (χ4v) is 2.77. The van der Waals surface area contributed by atoms with Crippen molar-refractivity contribution in [2.24, 2.45) is 0 Å². The molecule has 23 heavy (non-hydrogen) atoms. The Kier molecular flexibility index (Phi) is 4.44. The van der Waals surface area contributed by atoms with Crippen molar-refractivity contribution >= 4 is 16.8 Å². The van der Waals surface area contributed by atoms with E-state index >= 15 is 0 Å². The summed E-state index contributed by atoms with van der Waals surface area (Å²) in [6.45, 7) is 2.22. The fourth-order valence-electron chi connectivity index (χ4n) is 2.77. The molecule has 2 N–H and O–H groups in total. The van der Waals surface area contributed by atoms with Crippen LogP contribution in [0.1, 0.15) is 27.0 Å². The first-order valence-corrected chi connectivity index (χ1v) is 7.70. The Hall–Kier alpha value is -2.59. The van der Waals surface area contributed by atoms with Gasteiger partial charge in [0.25, 0.3) is 5.91 Å². The number of benzene rings is 2. The lowest BCUT2D eigenvalue weighted by molar-refractivity contribution is 0.0948. The molecule has 1 radical (unpaired) electrons. The minimum Gasteiger partial charge on any atom is -0.361 e. The largest absolute Gasteiger partial charge is 0.361 e. The third-order valence-electron chi connectivity index (χ3n) is 4.02. The molecule has 0 aliphatic heterocycles. The number of nitrogens with one attached hydrogen (secondary N) is 2. The monoisotopic (exact) mass is 307 g/mol. The van der Waals surface area contributed by atoms with Gasteiger partial charge in [0, 0.05) is 29.2 Å². The quantitative estimate of drug-likeness (QED) is 0.745. The summed E-state index contributed by atoms with van der Waals surface area (Å²) in [7, 11) is 0. The predicted molar refractivity (Wildman–Crippen MR) is 89.9 cm³/mol. The van der Waals surface area contributed by atoms with Crippen molar-refractivity contribution in [1.82, 2.24) is 10.3 Å². The van der Waals surface area contributed by atoms with E-state index in [9.17, 15) is 9.90 Å². The number of carbonyl (C=O) groups is 1. The Morgan fingerprint density at radius 1 is 1.13 bits per heavy atom. The van der Waals surface area contributed by atoms with Gasteiger partial charge in [-0.1, -0.05) is 29.8 Å². The van der Waals surface area contributed by atoms with E-state index in [-0.39, 0.29) is 12.5 Å². The normalized spacial score (nSPS) is 10.9. The van der Waals surface area contributed by atoms with E-state index in [0.29, 0.717) is 17.7 Å². The Labute approximate surface area is 135 Å². The number of hydrogen-bond acceptors (Lipinski definition) is 1. The lowest BCUT2D eigenvalue weighted by Crippen LogP contribution is -2.26. The maximum Gasteiger partial charge on any atom is 0.251 e. The molecule has 117 valence electrons. The van der Waals surface area contributed by atoms with Crippen molar-refractivity contribution in [1.29, 1.82) is 0 Å². The van der Waals surface area contributed by atoms with Crippen LogP contribution in [0.3, 0.4) is 0 Å². The van der Waals surface area contributed by atoms with Crippen LogP contribution in [0.25, 0.3) is 10.9 Å². The molecule has 0 atom stereocenters. The standard InChI is InChI=1S/C19H19N2O2/c1-13-6-7-18-17(10-13)14(11-21-18)8-9-20-19(23)16-5-3-2-4-15(16)12-22/h2-7,10-11,21H,8-9,12H2,1H3,(H,20,23). The highest BCUT2D eigenvalue weighted by Gasteiger charge is 2.10. The lowest BCUT2D eigenvalue weighted by Gasteiger charge is -2.08. The summed E-state index contributed by atoms with van der Waals surface area (Å²) in [5.41, 5.74) is 4.51. The summed E-state index contributed by atoms with van der Waals surface area (Å²) in [6, 6.07) is 13.2. The molecule has 0 saturated heterocycles. The molecule has 4 heteroatoms. The van der Waals surface area contributed by atoms with Gasteiger partial charge >= 0.3 is 0 Å². The molecular weight excluding hydrogens is 288 g/mol. The molecule has 1 amide bonds. The van der Waals surface area contributed by atoms with Crippen LogP contribution >= 0.6 is 0 Å². The highest BCUT2D eigenvalue weighted by atomic mass is 16.3. The van der Waals surface area contributed by atoms with Gasteiger partial charge in [-0.25, -0.2) is 5.11 Å². The molecule has 3 aromatic rings. The summed E-state index contributed by atoms with van der Waals surface area (Å²) in [6.07, 6.45) is 2.73. The van der Waals surface area contributed by atoms with E-state index in [4.69, 9.17) is 0 Å². The first-order valence-electron chi connectivity index (χ1n) is 7.70. The molecule has 0 aliphatic rings.